The predicted octanol–water partition coefficient (Wildman–Crippen LogP) is 1.44. The maximum absolute atomic E-state index is 13.3. The monoisotopic (exact) mass is 389 g/mol. The Labute approximate surface area is 151 Å². The van der Waals surface area contributed by atoms with Crippen LogP contribution in [0.25, 0.3) is 0 Å². The van der Waals surface area contributed by atoms with E-state index in [2.05, 4.69) is 0 Å². The van der Waals surface area contributed by atoms with Crippen LogP contribution in [0.4, 0.5) is 4.39 Å². The topological polar surface area (TPSA) is 83.7 Å². The summed E-state index contributed by atoms with van der Waals surface area (Å²) < 4.78 is 39.9. The lowest BCUT2D eigenvalue weighted by atomic mass is 9.97. The van der Waals surface area contributed by atoms with Gasteiger partial charge in [-0.3, -0.25) is 4.79 Å². The lowest BCUT2D eigenvalue weighted by Gasteiger charge is -2.32. The van der Waals surface area contributed by atoms with Crippen LogP contribution in [0.1, 0.15) is 19.3 Å². The maximum atomic E-state index is 13.3. The number of nitrogens with two attached hydrogens (primary N) is 1. The number of sulfonamides is 1. The van der Waals surface area contributed by atoms with Crippen molar-refractivity contribution in [2.75, 3.05) is 26.2 Å². The molecule has 2 aliphatic heterocycles. The van der Waals surface area contributed by atoms with Crippen LogP contribution >= 0.6 is 11.6 Å². The van der Waals surface area contributed by atoms with E-state index < -0.39 is 15.8 Å². The molecule has 0 spiro atoms. The van der Waals surface area contributed by atoms with Gasteiger partial charge in [0.05, 0.1) is 9.92 Å². The molecule has 2 aliphatic rings. The van der Waals surface area contributed by atoms with E-state index >= 15 is 0 Å². The average molecular weight is 390 g/mol. The first-order chi connectivity index (χ1) is 11.8. The van der Waals surface area contributed by atoms with Crippen LogP contribution in [-0.4, -0.2) is 55.8 Å². The zero-order valence-corrected chi connectivity index (χ0v) is 15.3. The first kappa shape index (κ1) is 18.6. The summed E-state index contributed by atoms with van der Waals surface area (Å²) in [5, 5.41) is -0.225. The normalized spacial score (nSPS) is 23.2. The minimum atomic E-state index is -3.74. The fraction of sp³-hybridized carbons (Fsp3) is 0.562. The molecule has 0 saturated carbocycles. The van der Waals surface area contributed by atoms with E-state index in [-0.39, 0.29) is 40.9 Å². The third-order valence-electron chi connectivity index (χ3n) is 4.87. The molecule has 0 radical (unpaired) electrons. The zero-order chi connectivity index (χ0) is 18.2. The lowest BCUT2D eigenvalue weighted by molar-refractivity contribution is -0.135. The largest absolute Gasteiger partial charge is 0.341 e. The van der Waals surface area contributed by atoms with E-state index in [0.717, 1.165) is 18.6 Å². The molecule has 0 aromatic heterocycles. The fourth-order valence-corrected chi connectivity index (χ4v) is 5.12. The second-order valence-electron chi connectivity index (χ2n) is 6.59. The molecule has 1 aromatic rings. The smallest absolute Gasteiger partial charge is 0.243 e. The van der Waals surface area contributed by atoms with Gasteiger partial charge < -0.3 is 10.6 Å². The van der Waals surface area contributed by atoms with Crippen molar-refractivity contribution in [1.82, 2.24) is 9.21 Å². The zero-order valence-electron chi connectivity index (χ0n) is 13.7. The first-order valence-electron chi connectivity index (χ1n) is 8.28. The van der Waals surface area contributed by atoms with Crippen molar-refractivity contribution in [1.29, 1.82) is 0 Å². The summed E-state index contributed by atoms with van der Waals surface area (Å²) in [5.74, 6) is -0.767. The summed E-state index contributed by atoms with van der Waals surface area (Å²) in [5.41, 5.74) is 5.84. The maximum Gasteiger partial charge on any atom is 0.243 e. The Morgan fingerprint density at radius 2 is 1.88 bits per heavy atom. The van der Waals surface area contributed by atoms with Gasteiger partial charge in [0.25, 0.3) is 0 Å². The molecule has 1 atom stereocenters. The van der Waals surface area contributed by atoms with E-state index in [1.54, 1.807) is 4.90 Å². The second-order valence-corrected chi connectivity index (χ2v) is 8.93. The molecule has 6 nitrogen and oxygen atoms in total. The molecule has 2 fully saturated rings. The quantitative estimate of drug-likeness (QED) is 0.847. The van der Waals surface area contributed by atoms with Crippen LogP contribution in [0.15, 0.2) is 23.1 Å². The fourth-order valence-electron chi connectivity index (χ4n) is 3.38. The van der Waals surface area contributed by atoms with Crippen LogP contribution in [0, 0.1) is 11.7 Å². The van der Waals surface area contributed by atoms with Crippen LogP contribution in [0.3, 0.4) is 0 Å². The highest BCUT2D eigenvalue weighted by Gasteiger charge is 2.35. The molecule has 138 valence electrons. The van der Waals surface area contributed by atoms with Gasteiger partial charge in [-0.2, -0.15) is 4.31 Å². The lowest BCUT2D eigenvalue weighted by Crippen LogP contribution is -2.44. The second kappa shape index (κ2) is 7.19. The molecule has 1 aromatic carbocycles. The highest BCUT2D eigenvalue weighted by Crippen LogP contribution is 2.27. The van der Waals surface area contributed by atoms with Gasteiger partial charge in [-0.15, -0.1) is 0 Å². The Balaban J connectivity index is 1.65. The number of amides is 1. The van der Waals surface area contributed by atoms with E-state index in [0.29, 0.717) is 25.9 Å². The molecule has 0 unspecified atom stereocenters. The van der Waals surface area contributed by atoms with Crippen LogP contribution in [0.5, 0.6) is 0 Å². The number of hydrogen-bond acceptors (Lipinski definition) is 4. The Kier molecular flexibility index (Phi) is 5.34. The number of rotatable bonds is 3. The third kappa shape index (κ3) is 3.81. The van der Waals surface area contributed by atoms with Gasteiger partial charge in [-0.05, 0) is 37.5 Å². The number of piperidine rings is 1. The summed E-state index contributed by atoms with van der Waals surface area (Å²) in [6.45, 7) is 1.76. The van der Waals surface area contributed by atoms with Gasteiger partial charge in [0.15, 0.2) is 0 Å². The van der Waals surface area contributed by atoms with E-state index in [4.69, 9.17) is 17.3 Å². The van der Waals surface area contributed by atoms with Crippen LogP contribution in [-0.2, 0) is 14.8 Å². The number of carbonyl (C=O) groups is 1. The van der Waals surface area contributed by atoms with Crippen LogP contribution < -0.4 is 5.73 Å². The molecule has 3 rings (SSSR count). The third-order valence-corrected chi connectivity index (χ3v) is 7.05. The number of benzene rings is 1. The molecule has 1 amide bonds. The van der Waals surface area contributed by atoms with Gasteiger partial charge in [0.2, 0.25) is 15.9 Å². The Bertz CT molecular complexity index is 766. The Hall–Kier alpha value is -1.22. The van der Waals surface area contributed by atoms with Crippen molar-refractivity contribution in [3.63, 3.8) is 0 Å². The molecule has 2 heterocycles. The SMILES string of the molecule is N[C@@H]1CCN(C(=O)C2CCN(S(=O)(=O)c3ccc(F)c(Cl)c3)CC2)C1. The molecule has 2 N–H and O–H groups in total. The minimum absolute atomic E-state index is 0.0332. The van der Waals surface area contributed by atoms with Gasteiger partial charge in [0.1, 0.15) is 5.82 Å². The minimum Gasteiger partial charge on any atom is -0.341 e. The molecule has 25 heavy (non-hydrogen) atoms. The number of likely N-dealkylation sites (tertiary alicyclic amines) is 1. The summed E-state index contributed by atoms with van der Waals surface area (Å²) in [6, 6.07) is 3.41. The van der Waals surface area contributed by atoms with E-state index in [9.17, 15) is 17.6 Å². The summed E-state index contributed by atoms with van der Waals surface area (Å²) in [6.07, 6.45) is 1.75. The molecular formula is C16H21ClFN3O3S. The molecule has 2 saturated heterocycles. The van der Waals surface area contributed by atoms with Crippen LogP contribution in [0.2, 0.25) is 5.02 Å². The van der Waals surface area contributed by atoms with E-state index in [1.807, 2.05) is 0 Å². The average Bonchev–Trinajstić information content (AvgIpc) is 3.03. The predicted molar refractivity (Wildman–Crippen MR) is 92.1 cm³/mol. The van der Waals surface area contributed by atoms with Gasteiger partial charge in [-0.25, -0.2) is 12.8 Å². The first-order valence-corrected chi connectivity index (χ1v) is 10.1. The molecule has 0 bridgehead atoms. The van der Waals surface area contributed by atoms with Gasteiger partial charge >= 0.3 is 0 Å². The number of carbonyl (C=O) groups excluding carboxylic acids is 1. The van der Waals surface area contributed by atoms with Crippen molar-refractivity contribution in [2.45, 2.75) is 30.2 Å². The van der Waals surface area contributed by atoms with Gasteiger partial charge in [-0.1, -0.05) is 11.6 Å². The summed E-state index contributed by atoms with van der Waals surface area (Å²) in [4.78, 5) is 14.2. The van der Waals surface area contributed by atoms with Gasteiger partial charge in [0, 0.05) is 38.1 Å². The Morgan fingerprint density at radius 3 is 2.44 bits per heavy atom. The molecular weight excluding hydrogens is 369 g/mol. The highest BCUT2D eigenvalue weighted by molar-refractivity contribution is 7.89. The number of nitrogens with zero attached hydrogens (tertiary/aromatic N) is 2. The van der Waals surface area contributed by atoms with Crippen molar-refractivity contribution < 1.29 is 17.6 Å². The Morgan fingerprint density at radius 1 is 1.20 bits per heavy atom. The summed E-state index contributed by atoms with van der Waals surface area (Å²) >= 11 is 5.69. The molecule has 9 heteroatoms. The van der Waals surface area contributed by atoms with Crippen molar-refractivity contribution in [2.24, 2.45) is 11.7 Å². The van der Waals surface area contributed by atoms with Crippen molar-refractivity contribution >= 4 is 27.5 Å². The number of halogens is 2. The number of hydrogen-bond donors (Lipinski definition) is 1. The molecule has 0 aliphatic carbocycles. The highest BCUT2D eigenvalue weighted by atomic mass is 35.5. The van der Waals surface area contributed by atoms with Crippen molar-refractivity contribution in [3.05, 3.63) is 29.0 Å². The van der Waals surface area contributed by atoms with E-state index in [1.165, 1.54) is 10.4 Å². The van der Waals surface area contributed by atoms with Crippen molar-refractivity contribution in [3.8, 4) is 0 Å². The summed E-state index contributed by atoms with van der Waals surface area (Å²) in [7, 11) is -3.74. The standard InChI is InChI=1S/C16H21ClFN3O3S/c17-14-9-13(1-2-15(14)18)25(23,24)21-7-3-11(4-8-21)16(22)20-6-5-12(19)10-20/h1-2,9,11-12H,3-8,10,19H2/t12-/m1/s1.